The lowest BCUT2D eigenvalue weighted by molar-refractivity contribution is -0.387. The number of piperidine rings is 1. The van der Waals surface area contributed by atoms with E-state index in [1.165, 1.54) is 34.9 Å². The number of benzene rings is 1. The molecule has 5 rings (SSSR count). The molecule has 11 heteroatoms. The second-order valence-corrected chi connectivity index (χ2v) is 7.83. The highest BCUT2D eigenvalue weighted by molar-refractivity contribution is 7.89. The van der Waals surface area contributed by atoms with Gasteiger partial charge in [0.1, 0.15) is 6.33 Å². The van der Waals surface area contributed by atoms with Crippen LogP contribution in [-0.2, 0) is 10.0 Å². The summed E-state index contributed by atoms with van der Waals surface area (Å²) in [5, 5.41) is 22.2. The molecule has 2 aromatic rings. The summed E-state index contributed by atoms with van der Waals surface area (Å²) in [6, 6.07) is 5.17. The average molecular weight is 350 g/mol. The molecule has 3 fully saturated rings. The summed E-state index contributed by atoms with van der Waals surface area (Å²) in [5.41, 5.74) is -0.389. The summed E-state index contributed by atoms with van der Waals surface area (Å²) in [5.74, 6) is 0. The highest BCUT2D eigenvalue weighted by Gasteiger charge is 2.53. The van der Waals surface area contributed by atoms with Gasteiger partial charge in [-0.25, -0.2) is 13.1 Å². The molecule has 0 spiro atoms. The molecular weight excluding hydrogens is 336 g/mol. The predicted molar refractivity (Wildman–Crippen MR) is 80.4 cm³/mol. The molecule has 1 aromatic carbocycles. The van der Waals surface area contributed by atoms with Crippen LogP contribution in [0.2, 0.25) is 0 Å². The minimum absolute atomic E-state index is 0.0564. The third-order valence-corrected chi connectivity index (χ3v) is 6.76. The fraction of sp³-hybridized carbons (Fsp3) is 0.462. The zero-order chi connectivity index (χ0) is 16.9. The van der Waals surface area contributed by atoms with Crippen molar-refractivity contribution in [2.24, 2.45) is 0 Å². The van der Waals surface area contributed by atoms with Crippen molar-refractivity contribution in [3.63, 3.8) is 0 Å². The number of aromatic nitrogens is 4. The number of fused-ring (bicyclic) bond motifs is 2. The van der Waals surface area contributed by atoms with E-state index in [4.69, 9.17) is 0 Å². The third kappa shape index (κ3) is 2.19. The SMILES string of the molecule is O=[N+]([O-])c1ccccc1S(=O)(=O)N1C2CC1CC(n1cnnn1)C2. The Morgan fingerprint density at radius 3 is 2.42 bits per heavy atom. The second-order valence-electron chi connectivity index (χ2n) is 6.02. The molecule has 1 aliphatic carbocycles. The van der Waals surface area contributed by atoms with Crippen molar-refractivity contribution in [1.82, 2.24) is 24.5 Å². The van der Waals surface area contributed by atoms with Gasteiger partial charge in [0.25, 0.3) is 5.69 Å². The van der Waals surface area contributed by atoms with Gasteiger partial charge in [0.15, 0.2) is 4.90 Å². The van der Waals surface area contributed by atoms with Gasteiger partial charge in [-0.3, -0.25) is 10.1 Å². The predicted octanol–water partition coefficient (Wildman–Crippen LogP) is 0.748. The molecule has 2 bridgehead atoms. The van der Waals surface area contributed by atoms with Crippen molar-refractivity contribution in [3.8, 4) is 0 Å². The number of tetrazole rings is 1. The Kier molecular flexibility index (Phi) is 3.35. The van der Waals surface area contributed by atoms with Gasteiger partial charge in [-0.2, -0.15) is 4.31 Å². The third-order valence-electron chi connectivity index (χ3n) is 4.71. The molecule has 0 amide bonds. The van der Waals surface area contributed by atoms with Crippen LogP contribution in [0.5, 0.6) is 0 Å². The molecule has 2 unspecified atom stereocenters. The van der Waals surface area contributed by atoms with E-state index in [9.17, 15) is 18.5 Å². The lowest BCUT2D eigenvalue weighted by atomic mass is 9.79. The van der Waals surface area contributed by atoms with Gasteiger partial charge >= 0.3 is 0 Å². The van der Waals surface area contributed by atoms with Gasteiger partial charge in [0.05, 0.1) is 11.0 Å². The Morgan fingerprint density at radius 1 is 1.12 bits per heavy atom. The van der Waals surface area contributed by atoms with Crippen molar-refractivity contribution >= 4 is 15.7 Å². The maximum Gasteiger partial charge on any atom is 0.289 e. The number of nitro benzene ring substituents is 1. The molecule has 1 saturated carbocycles. The van der Waals surface area contributed by atoms with Crippen LogP contribution in [-0.4, -0.2) is 49.9 Å². The Bertz CT molecular complexity index is 872. The molecule has 1 aromatic heterocycles. The summed E-state index contributed by atoms with van der Waals surface area (Å²) >= 11 is 0. The van der Waals surface area contributed by atoms with E-state index in [1.807, 2.05) is 0 Å². The van der Waals surface area contributed by atoms with Gasteiger partial charge in [-0.05, 0) is 35.8 Å². The van der Waals surface area contributed by atoms with Crippen LogP contribution in [0.1, 0.15) is 25.3 Å². The standard InChI is InChI=1S/C13H14N6O4S/c20-19(21)12-3-1-2-4-13(12)24(22,23)18-10-5-9(6-11(18)7-10)17-8-14-15-16-17/h1-4,8-11H,5-7H2. The molecule has 126 valence electrons. The zero-order valence-electron chi connectivity index (χ0n) is 12.5. The van der Waals surface area contributed by atoms with Gasteiger partial charge in [-0.1, -0.05) is 12.1 Å². The summed E-state index contributed by atoms with van der Waals surface area (Å²) in [7, 11) is -3.90. The van der Waals surface area contributed by atoms with E-state index < -0.39 is 14.9 Å². The summed E-state index contributed by atoms with van der Waals surface area (Å²) < 4.78 is 28.9. The molecule has 10 nitrogen and oxygen atoms in total. The van der Waals surface area contributed by atoms with Gasteiger partial charge < -0.3 is 0 Å². The van der Waals surface area contributed by atoms with Crippen molar-refractivity contribution in [2.45, 2.75) is 42.3 Å². The highest BCUT2D eigenvalue weighted by Crippen LogP contribution is 2.46. The summed E-state index contributed by atoms with van der Waals surface area (Å²) in [6.45, 7) is 0. The first-order valence-electron chi connectivity index (χ1n) is 7.48. The van der Waals surface area contributed by atoms with E-state index in [1.54, 1.807) is 4.68 Å². The molecular formula is C13H14N6O4S. The zero-order valence-corrected chi connectivity index (χ0v) is 13.3. The fourth-order valence-corrected chi connectivity index (χ4v) is 5.70. The molecule has 3 heterocycles. The van der Waals surface area contributed by atoms with E-state index in [0.29, 0.717) is 12.8 Å². The molecule has 2 aliphatic heterocycles. The van der Waals surface area contributed by atoms with E-state index in [0.717, 1.165) is 6.42 Å². The normalized spacial score (nSPS) is 26.8. The smallest absolute Gasteiger partial charge is 0.258 e. The molecule has 24 heavy (non-hydrogen) atoms. The largest absolute Gasteiger partial charge is 0.289 e. The summed E-state index contributed by atoms with van der Waals surface area (Å²) in [4.78, 5) is 10.2. The fourth-order valence-electron chi connectivity index (χ4n) is 3.69. The van der Waals surface area contributed by atoms with Crippen LogP contribution in [0.15, 0.2) is 35.5 Å². The first-order valence-corrected chi connectivity index (χ1v) is 8.92. The molecule has 2 atom stereocenters. The van der Waals surface area contributed by atoms with Crippen LogP contribution in [0.25, 0.3) is 0 Å². The second kappa shape index (κ2) is 5.31. The number of nitro groups is 1. The van der Waals surface area contributed by atoms with E-state index >= 15 is 0 Å². The lowest BCUT2D eigenvalue weighted by Gasteiger charge is -2.53. The molecule has 0 radical (unpaired) electrons. The molecule has 2 saturated heterocycles. The topological polar surface area (TPSA) is 124 Å². The van der Waals surface area contributed by atoms with E-state index in [-0.39, 0.29) is 28.7 Å². The van der Waals surface area contributed by atoms with Gasteiger partial charge in [0, 0.05) is 18.2 Å². The van der Waals surface area contributed by atoms with Crippen LogP contribution < -0.4 is 0 Å². The van der Waals surface area contributed by atoms with Crippen molar-refractivity contribution < 1.29 is 13.3 Å². The number of nitrogens with zero attached hydrogens (tertiary/aromatic N) is 6. The maximum atomic E-state index is 12.9. The van der Waals surface area contributed by atoms with Crippen LogP contribution in [0.3, 0.4) is 0 Å². The minimum Gasteiger partial charge on any atom is -0.258 e. The number of para-hydroxylation sites is 1. The van der Waals surface area contributed by atoms with Crippen LogP contribution in [0.4, 0.5) is 5.69 Å². The quantitative estimate of drug-likeness (QED) is 0.588. The highest BCUT2D eigenvalue weighted by atomic mass is 32.2. The number of sulfonamides is 1. The van der Waals surface area contributed by atoms with Crippen LogP contribution in [0, 0.1) is 10.1 Å². The lowest BCUT2D eigenvalue weighted by Crippen LogP contribution is -2.62. The first-order chi connectivity index (χ1) is 11.5. The maximum absolute atomic E-state index is 12.9. The Labute approximate surface area is 137 Å². The molecule has 0 N–H and O–H groups in total. The average Bonchev–Trinajstić information content (AvgIpc) is 3.09. The Morgan fingerprint density at radius 2 is 1.79 bits per heavy atom. The Balaban J connectivity index is 1.63. The number of hydrogen-bond acceptors (Lipinski definition) is 7. The van der Waals surface area contributed by atoms with Gasteiger partial charge in [-0.15, -0.1) is 5.10 Å². The van der Waals surface area contributed by atoms with Crippen molar-refractivity contribution in [2.75, 3.05) is 0 Å². The molecule has 3 aliphatic rings. The number of hydrogen-bond donors (Lipinski definition) is 0. The minimum atomic E-state index is -3.90. The van der Waals surface area contributed by atoms with Crippen LogP contribution >= 0.6 is 0 Å². The number of rotatable bonds is 4. The first kappa shape index (κ1) is 15.1. The summed E-state index contributed by atoms with van der Waals surface area (Å²) in [6.07, 6.45) is 3.48. The van der Waals surface area contributed by atoms with Crippen molar-refractivity contribution in [3.05, 3.63) is 40.7 Å². The Hall–Kier alpha value is -2.40. The van der Waals surface area contributed by atoms with Gasteiger partial charge in [0.2, 0.25) is 10.0 Å². The van der Waals surface area contributed by atoms with E-state index in [2.05, 4.69) is 15.5 Å². The monoisotopic (exact) mass is 350 g/mol. The van der Waals surface area contributed by atoms with Crippen molar-refractivity contribution in [1.29, 1.82) is 0 Å².